The molecule has 2 aromatic rings. The molecule has 0 fully saturated rings. The number of carbonyl (C=O) groups excluding carboxylic acids is 2. The maximum atomic E-state index is 12.0. The van der Waals surface area contributed by atoms with E-state index in [0.29, 0.717) is 27.3 Å². The molecule has 1 aromatic carbocycles. The first-order valence-electron chi connectivity index (χ1n) is 7.66. The van der Waals surface area contributed by atoms with Gasteiger partial charge in [0.2, 0.25) is 16.9 Å². The molecule has 1 aromatic heterocycles. The van der Waals surface area contributed by atoms with Crippen molar-refractivity contribution < 1.29 is 14.3 Å². The first-order valence-corrected chi connectivity index (χ1v) is 9.46. The Morgan fingerprint density at radius 2 is 2.04 bits per heavy atom. The van der Waals surface area contributed by atoms with Gasteiger partial charge < -0.3 is 15.4 Å². The van der Waals surface area contributed by atoms with Gasteiger partial charge in [0, 0.05) is 18.2 Å². The number of anilines is 2. The smallest absolute Gasteiger partial charge is 0.234 e. The highest BCUT2D eigenvalue weighted by Gasteiger charge is 2.11. The minimum atomic E-state index is -0.154. The van der Waals surface area contributed by atoms with E-state index in [4.69, 9.17) is 4.74 Å². The van der Waals surface area contributed by atoms with Crippen LogP contribution in [0, 0.1) is 5.92 Å². The van der Waals surface area contributed by atoms with Crippen LogP contribution in [0.1, 0.15) is 20.3 Å². The Bertz CT molecular complexity index is 734. The fraction of sp³-hybridized carbons (Fsp3) is 0.375. The van der Waals surface area contributed by atoms with Crippen molar-refractivity contribution in [2.24, 2.45) is 5.92 Å². The van der Waals surface area contributed by atoms with Gasteiger partial charge in [-0.25, -0.2) is 0 Å². The predicted octanol–water partition coefficient (Wildman–Crippen LogP) is 3.26. The van der Waals surface area contributed by atoms with Gasteiger partial charge in [-0.05, 0) is 18.1 Å². The van der Waals surface area contributed by atoms with Crippen LogP contribution in [0.2, 0.25) is 0 Å². The number of carbonyl (C=O) groups is 2. The van der Waals surface area contributed by atoms with Gasteiger partial charge in [0.15, 0.2) is 4.34 Å². The Labute approximate surface area is 154 Å². The predicted molar refractivity (Wildman–Crippen MR) is 100 cm³/mol. The molecule has 0 aliphatic rings. The van der Waals surface area contributed by atoms with Crippen LogP contribution in [0.3, 0.4) is 0 Å². The van der Waals surface area contributed by atoms with Crippen LogP contribution in [0.4, 0.5) is 10.8 Å². The van der Waals surface area contributed by atoms with Gasteiger partial charge in [0.1, 0.15) is 5.75 Å². The molecule has 0 radical (unpaired) electrons. The van der Waals surface area contributed by atoms with Gasteiger partial charge in [-0.2, -0.15) is 0 Å². The molecule has 25 heavy (non-hydrogen) atoms. The highest BCUT2D eigenvalue weighted by Crippen LogP contribution is 2.26. The number of methoxy groups -OCH3 is 1. The molecule has 0 bridgehead atoms. The van der Waals surface area contributed by atoms with Crippen molar-refractivity contribution in [3.63, 3.8) is 0 Å². The van der Waals surface area contributed by atoms with Crippen molar-refractivity contribution in [1.82, 2.24) is 10.2 Å². The molecule has 2 amide bonds. The van der Waals surface area contributed by atoms with E-state index in [9.17, 15) is 9.59 Å². The molecule has 0 unspecified atom stereocenters. The Morgan fingerprint density at radius 1 is 1.24 bits per heavy atom. The summed E-state index contributed by atoms with van der Waals surface area (Å²) in [4.78, 5) is 23.7. The average Bonchev–Trinajstić information content (AvgIpc) is 2.99. The second-order valence-corrected chi connectivity index (χ2v) is 7.79. The maximum absolute atomic E-state index is 12.0. The van der Waals surface area contributed by atoms with E-state index in [1.54, 1.807) is 31.4 Å². The molecule has 2 rings (SSSR count). The molecule has 0 atom stereocenters. The van der Waals surface area contributed by atoms with E-state index in [1.807, 2.05) is 13.8 Å². The summed E-state index contributed by atoms with van der Waals surface area (Å²) in [6, 6.07) is 7.15. The first-order chi connectivity index (χ1) is 12.0. The van der Waals surface area contributed by atoms with Crippen LogP contribution in [-0.2, 0) is 9.59 Å². The van der Waals surface area contributed by atoms with Crippen LogP contribution in [0.5, 0.6) is 5.75 Å². The number of amides is 2. The first kappa shape index (κ1) is 19.2. The number of benzene rings is 1. The van der Waals surface area contributed by atoms with Gasteiger partial charge in [0.25, 0.3) is 0 Å². The summed E-state index contributed by atoms with van der Waals surface area (Å²) in [5, 5.41) is 13.8. The normalized spacial score (nSPS) is 10.6. The van der Waals surface area contributed by atoms with Gasteiger partial charge in [-0.15, -0.1) is 10.2 Å². The lowest BCUT2D eigenvalue weighted by molar-refractivity contribution is -0.117. The lowest BCUT2D eigenvalue weighted by Crippen LogP contribution is -2.13. The summed E-state index contributed by atoms with van der Waals surface area (Å²) in [5.74, 6) is 0.918. The molecule has 0 saturated carbocycles. The fourth-order valence-corrected chi connectivity index (χ4v) is 3.45. The van der Waals surface area contributed by atoms with Crippen LogP contribution >= 0.6 is 23.1 Å². The van der Waals surface area contributed by atoms with E-state index in [0.717, 1.165) is 0 Å². The van der Waals surface area contributed by atoms with E-state index < -0.39 is 0 Å². The van der Waals surface area contributed by atoms with E-state index in [1.165, 1.54) is 23.1 Å². The zero-order chi connectivity index (χ0) is 18.2. The van der Waals surface area contributed by atoms with Crippen LogP contribution in [0.25, 0.3) is 0 Å². The summed E-state index contributed by atoms with van der Waals surface area (Å²) in [5.41, 5.74) is 0.670. The monoisotopic (exact) mass is 380 g/mol. The van der Waals surface area contributed by atoms with E-state index in [-0.39, 0.29) is 23.5 Å². The third-order valence-corrected chi connectivity index (χ3v) is 4.90. The second-order valence-electron chi connectivity index (χ2n) is 5.59. The van der Waals surface area contributed by atoms with Crippen LogP contribution < -0.4 is 15.4 Å². The van der Waals surface area contributed by atoms with E-state index >= 15 is 0 Å². The highest BCUT2D eigenvalue weighted by atomic mass is 32.2. The fourth-order valence-electron chi connectivity index (χ4n) is 1.88. The summed E-state index contributed by atoms with van der Waals surface area (Å²) < 4.78 is 5.74. The van der Waals surface area contributed by atoms with Gasteiger partial charge in [-0.1, -0.05) is 43.0 Å². The number of hydrogen-bond donors (Lipinski definition) is 2. The molecule has 0 aliphatic carbocycles. The molecular formula is C16H20N4O3S2. The zero-order valence-corrected chi connectivity index (χ0v) is 15.9. The number of ether oxygens (including phenoxy) is 1. The highest BCUT2D eigenvalue weighted by molar-refractivity contribution is 8.01. The number of nitrogens with one attached hydrogen (secondary N) is 2. The maximum Gasteiger partial charge on any atom is 0.234 e. The molecule has 7 nitrogen and oxygen atoms in total. The molecule has 134 valence electrons. The van der Waals surface area contributed by atoms with Gasteiger partial charge in [0.05, 0.1) is 12.9 Å². The van der Waals surface area contributed by atoms with Crippen LogP contribution in [0.15, 0.2) is 28.6 Å². The number of rotatable bonds is 8. The minimum absolute atomic E-state index is 0.0848. The summed E-state index contributed by atoms with van der Waals surface area (Å²) >= 11 is 2.52. The molecule has 9 heteroatoms. The quantitative estimate of drug-likeness (QED) is 0.539. The third kappa shape index (κ3) is 6.71. The van der Waals surface area contributed by atoms with E-state index in [2.05, 4.69) is 20.8 Å². The molecule has 0 spiro atoms. The molecule has 2 N–H and O–H groups in total. The van der Waals surface area contributed by atoms with Crippen LogP contribution in [-0.4, -0.2) is 34.9 Å². The SMILES string of the molecule is COc1cccc(NC(=O)CSc2nnc(NC(=O)CC(C)C)s2)c1. The van der Waals surface area contributed by atoms with Gasteiger partial charge >= 0.3 is 0 Å². The minimum Gasteiger partial charge on any atom is -0.497 e. The van der Waals surface area contributed by atoms with Crippen molar-refractivity contribution in [3.8, 4) is 5.75 Å². The topological polar surface area (TPSA) is 93.2 Å². The number of hydrogen-bond acceptors (Lipinski definition) is 7. The Balaban J connectivity index is 1.81. The third-order valence-electron chi connectivity index (χ3n) is 2.93. The summed E-state index contributed by atoms with van der Waals surface area (Å²) in [6.45, 7) is 3.95. The standard InChI is InChI=1S/C16H20N4O3S2/c1-10(2)7-13(21)18-15-19-20-16(25-15)24-9-14(22)17-11-5-4-6-12(8-11)23-3/h4-6,8,10H,7,9H2,1-3H3,(H,17,22)(H,18,19,21). The average molecular weight is 380 g/mol. The largest absolute Gasteiger partial charge is 0.497 e. The lowest BCUT2D eigenvalue weighted by Gasteiger charge is -2.06. The summed E-state index contributed by atoms with van der Waals surface area (Å²) in [6.07, 6.45) is 0.436. The Kier molecular flexibility index (Phi) is 7.20. The molecular weight excluding hydrogens is 360 g/mol. The number of aromatic nitrogens is 2. The van der Waals surface area contributed by atoms with Crippen molar-refractivity contribution in [2.45, 2.75) is 24.6 Å². The number of nitrogens with zero attached hydrogens (tertiary/aromatic N) is 2. The molecule has 0 aliphatic heterocycles. The van der Waals surface area contributed by atoms with Gasteiger partial charge in [-0.3, -0.25) is 9.59 Å². The lowest BCUT2D eigenvalue weighted by atomic mass is 10.1. The van der Waals surface area contributed by atoms with Crippen molar-refractivity contribution in [1.29, 1.82) is 0 Å². The number of thioether (sulfide) groups is 1. The molecule has 1 heterocycles. The second kappa shape index (κ2) is 9.38. The Hall–Kier alpha value is -2.13. The van der Waals surface area contributed by atoms with Crippen molar-refractivity contribution >= 4 is 45.7 Å². The van der Waals surface area contributed by atoms with Crippen molar-refractivity contribution in [2.75, 3.05) is 23.5 Å². The summed E-state index contributed by atoms with van der Waals surface area (Å²) in [7, 11) is 1.57. The Morgan fingerprint density at radius 3 is 2.76 bits per heavy atom. The zero-order valence-electron chi connectivity index (χ0n) is 14.2. The molecule has 0 saturated heterocycles. The van der Waals surface area contributed by atoms with Crippen molar-refractivity contribution in [3.05, 3.63) is 24.3 Å².